The number of carbonyl (C=O) groups is 1. The topological polar surface area (TPSA) is 57.7 Å². The molecule has 0 spiro atoms. The zero-order valence-corrected chi connectivity index (χ0v) is 13.2. The number of aromatic nitrogens is 1. The van der Waals surface area contributed by atoms with Gasteiger partial charge in [0.15, 0.2) is 0 Å². The number of benzene rings is 1. The van der Waals surface area contributed by atoms with Gasteiger partial charge in [0.05, 0.1) is 32.1 Å². The summed E-state index contributed by atoms with van der Waals surface area (Å²) in [6, 6.07) is 7.07. The molecule has 0 saturated heterocycles. The summed E-state index contributed by atoms with van der Waals surface area (Å²) in [4.78, 5) is 16.1. The first kappa shape index (κ1) is 15.8. The quantitative estimate of drug-likeness (QED) is 0.793. The first-order valence-corrected chi connectivity index (χ1v) is 6.96. The summed E-state index contributed by atoms with van der Waals surface area (Å²) < 4.78 is 15.7. The van der Waals surface area contributed by atoms with Gasteiger partial charge in [-0.25, -0.2) is 4.79 Å². The average molecular weight is 301 g/mol. The third-order valence-electron chi connectivity index (χ3n) is 3.32. The van der Waals surface area contributed by atoms with Gasteiger partial charge in [0.25, 0.3) is 0 Å². The minimum atomic E-state index is -0.364. The second-order valence-corrected chi connectivity index (χ2v) is 4.66. The van der Waals surface area contributed by atoms with Gasteiger partial charge in [-0.3, -0.25) is 4.98 Å². The lowest BCUT2D eigenvalue weighted by atomic mass is 10.1. The van der Waals surface area contributed by atoms with E-state index in [1.807, 2.05) is 19.1 Å². The maximum atomic E-state index is 11.8. The zero-order chi connectivity index (χ0) is 16.1. The summed E-state index contributed by atoms with van der Waals surface area (Å²) in [6.07, 6.45) is 1.58. The Labute approximate surface area is 129 Å². The van der Waals surface area contributed by atoms with Crippen LogP contribution in [-0.4, -0.2) is 31.8 Å². The van der Waals surface area contributed by atoms with Gasteiger partial charge in [0.2, 0.25) is 0 Å². The van der Waals surface area contributed by atoms with E-state index in [0.29, 0.717) is 29.4 Å². The van der Waals surface area contributed by atoms with Gasteiger partial charge in [0, 0.05) is 17.3 Å². The number of hydrogen-bond acceptors (Lipinski definition) is 5. The lowest BCUT2D eigenvalue weighted by molar-refractivity contribution is 0.0526. The van der Waals surface area contributed by atoms with Crippen LogP contribution < -0.4 is 9.47 Å². The highest BCUT2D eigenvalue weighted by Crippen LogP contribution is 2.33. The molecule has 1 aromatic heterocycles. The SMILES string of the molecule is CCOC(=O)c1ccnc(-c2cc(OC)c(C)c(OC)c2)c1. The largest absolute Gasteiger partial charge is 0.496 e. The molecule has 0 unspecified atom stereocenters. The molecule has 0 amide bonds. The van der Waals surface area contributed by atoms with E-state index in [-0.39, 0.29) is 5.97 Å². The molecule has 0 saturated carbocycles. The highest BCUT2D eigenvalue weighted by Gasteiger charge is 2.13. The van der Waals surface area contributed by atoms with Crippen molar-refractivity contribution in [3.05, 3.63) is 41.6 Å². The lowest BCUT2D eigenvalue weighted by Gasteiger charge is -2.12. The first-order chi connectivity index (χ1) is 10.6. The molecule has 0 fully saturated rings. The number of rotatable bonds is 5. The third-order valence-corrected chi connectivity index (χ3v) is 3.32. The van der Waals surface area contributed by atoms with Gasteiger partial charge in [-0.2, -0.15) is 0 Å². The van der Waals surface area contributed by atoms with Crippen molar-refractivity contribution in [2.45, 2.75) is 13.8 Å². The molecule has 22 heavy (non-hydrogen) atoms. The Morgan fingerprint density at radius 2 is 1.77 bits per heavy atom. The Morgan fingerprint density at radius 3 is 2.32 bits per heavy atom. The Bertz CT molecular complexity index is 657. The summed E-state index contributed by atoms with van der Waals surface area (Å²) in [5.41, 5.74) is 2.84. The summed E-state index contributed by atoms with van der Waals surface area (Å²) in [7, 11) is 3.21. The number of hydrogen-bond donors (Lipinski definition) is 0. The molecule has 0 aliphatic heterocycles. The van der Waals surface area contributed by atoms with Gasteiger partial charge < -0.3 is 14.2 Å². The number of methoxy groups -OCH3 is 2. The Morgan fingerprint density at radius 1 is 1.14 bits per heavy atom. The number of carbonyl (C=O) groups excluding carboxylic acids is 1. The van der Waals surface area contributed by atoms with E-state index in [2.05, 4.69) is 4.98 Å². The second-order valence-electron chi connectivity index (χ2n) is 4.66. The maximum absolute atomic E-state index is 11.8. The van der Waals surface area contributed by atoms with Crippen LogP contribution >= 0.6 is 0 Å². The Kier molecular flexibility index (Phi) is 4.99. The fourth-order valence-corrected chi connectivity index (χ4v) is 2.16. The molecule has 0 atom stereocenters. The molecule has 0 bridgehead atoms. The predicted molar refractivity (Wildman–Crippen MR) is 83.5 cm³/mol. The normalized spacial score (nSPS) is 10.2. The van der Waals surface area contributed by atoms with Crippen LogP contribution in [0.15, 0.2) is 30.5 Å². The van der Waals surface area contributed by atoms with Crippen LogP contribution in [0.3, 0.4) is 0 Å². The summed E-state index contributed by atoms with van der Waals surface area (Å²) in [6.45, 7) is 4.03. The standard InChI is InChI=1S/C17H19NO4/c1-5-22-17(19)12-6-7-18-14(8-12)13-9-15(20-3)11(2)16(10-13)21-4/h6-10H,5H2,1-4H3. The van der Waals surface area contributed by atoms with Crippen LogP contribution in [0, 0.1) is 6.92 Å². The van der Waals surface area contributed by atoms with E-state index in [1.54, 1.807) is 39.5 Å². The van der Waals surface area contributed by atoms with Crippen molar-refractivity contribution in [2.75, 3.05) is 20.8 Å². The molecule has 0 aliphatic carbocycles. The van der Waals surface area contributed by atoms with E-state index >= 15 is 0 Å². The van der Waals surface area contributed by atoms with Gasteiger partial charge in [-0.05, 0) is 38.1 Å². The summed E-state index contributed by atoms with van der Waals surface area (Å²) >= 11 is 0. The predicted octanol–water partition coefficient (Wildman–Crippen LogP) is 3.25. The number of pyridine rings is 1. The summed E-state index contributed by atoms with van der Waals surface area (Å²) in [5.74, 6) is 1.05. The second kappa shape index (κ2) is 6.93. The zero-order valence-electron chi connectivity index (χ0n) is 13.2. The molecule has 1 aromatic carbocycles. The van der Waals surface area contributed by atoms with Gasteiger partial charge in [-0.15, -0.1) is 0 Å². The fourth-order valence-electron chi connectivity index (χ4n) is 2.16. The molecular formula is C17H19NO4. The van der Waals surface area contributed by atoms with Crippen molar-refractivity contribution in [3.8, 4) is 22.8 Å². The van der Waals surface area contributed by atoms with Gasteiger partial charge in [0.1, 0.15) is 11.5 Å². The monoisotopic (exact) mass is 301 g/mol. The molecular weight excluding hydrogens is 282 g/mol. The molecule has 2 rings (SSSR count). The van der Waals surface area contributed by atoms with Crippen molar-refractivity contribution in [1.29, 1.82) is 0 Å². The number of ether oxygens (including phenoxy) is 3. The minimum Gasteiger partial charge on any atom is -0.496 e. The lowest BCUT2D eigenvalue weighted by Crippen LogP contribution is -2.05. The van der Waals surface area contributed by atoms with Gasteiger partial charge in [-0.1, -0.05) is 0 Å². The highest BCUT2D eigenvalue weighted by atomic mass is 16.5. The van der Waals surface area contributed by atoms with E-state index < -0.39 is 0 Å². The number of nitrogens with zero attached hydrogens (tertiary/aromatic N) is 1. The van der Waals surface area contributed by atoms with E-state index in [1.165, 1.54) is 0 Å². The fraction of sp³-hybridized carbons (Fsp3) is 0.294. The van der Waals surface area contributed by atoms with E-state index in [0.717, 1.165) is 11.1 Å². The van der Waals surface area contributed by atoms with Crippen molar-refractivity contribution >= 4 is 5.97 Å². The molecule has 2 aromatic rings. The van der Waals surface area contributed by atoms with Crippen molar-refractivity contribution in [1.82, 2.24) is 4.98 Å². The van der Waals surface area contributed by atoms with Crippen molar-refractivity contribution in [3.63, 3.8) is 0 Å². The summed E-state index contributed by atoms with van der Waals surface area (Å²) in [5, 5.41) is 0. The van der Waals surface area contributed by atoms with Crippen LogP contribution in [-0.2, 0) is 4.74 Å². The van der Waals surface area contributed by atoms with Crippen molar-refractivity contribution in [2.24, 2.45) is 0 Å². The maximum Gasteiger partial charge on any atom is 0.338 e. The Balaban J connectivity index is 2.48. The molecule has 0 radical (unpaired) electrons. The molecule has 5 nitrogen and oxygen atoms in total. The minimum absolute atomic E-state index is 0.336. The molecule has 0 N–H and O–H groups in total. The van der Waals surface area contributed by atoms with Crippen LogP contribution in [0.4, 0.5) is 0 Å². The smallest absolute Gasteiger partial charge is 0.338 e. The average Bonchev–Trinajstić information content (AvgIpc) is 2.55. The van der Waals surface area contributed by atoms with E-state index in [9.17, 15) is 4.79 Å². The molecule has 116 valence electrons. The Hall–Kier alpha value is -2.56. The molecule has 5 heteroatoms. The van der Waals surface area contributed by atoms with Gasteiger partial charge >= 0.3 is 5.97 Å². The van der Waals surface area contributed by atoms with Crippen molar-refractivity contribution < 1.29 is 19.0 Å². The third kappa shape index (κ3) is 3.19. The number of esters is 1. The van der Waals surface area contributed by atoms with E-state index in [4.69, 9.17) is 14.2 Å². The highest BCUT2D eigenvalue weighted by molar-refractivity contribution is 5.90. The van der Waals surface area contributed by atoms with Crippen LogP contribution in [0.1, 0.15) is 22.8 Å². The first-order valence-electron chi connectivity index (χ1n) is 6.96. The van der Waals surface area contributed by atoms with Crippen LogP contribution in [0.2, 0.25) is 0 Å². The molecule has 0 aliphatic rings. The molecule has 1 heterocycles. The van der Waals surface area contributed by atoms with Crippen LogP contribution in [0.25, 0.3) is 11.3 Å². The van der Waals surface area contributed by atoms with Crippen LogP contribution in [0.5, 0.6) is 11.5 Å².